The molecule has 2 nitrogen and oxygen atoms in total. The quantitative estimate of drug-likeness (QED) is 0.783. The zero-order valence-electron chi connectivity index (χ0n) is 13.1. The van der Waals surface area contributed by atoms with Crippen molar-refractivity contribution in [3.8, 4) is 11.4 Å². The SMILES string of the molecule is COc1ccc(-n2c(C3C=CC=C3)ccc2C2C=CC=C2)cc1. The zero-order chi connectivity index (χ0) is 15.6. The number of allylic oxidation sites excluding steroid dienone is 8. The topological polar surface area (TPSA) is 14.2 Å². The molecule has 0 radical (unpaired) electrons. The van der Waals surface area contributed by atoms with Crippen molar-refractivity contribution in [1.82, 2.24) is 4.57 Å². The first-order chi connectivity index (χ1) is 11.4. The molecule has 0 N–H and O–H groups in total. The van der Waals surface area contributed by atoms with Gasteiger partial charge in [-0.1, -0.05) is 48.6 Å². The first kappa shape index (κ1) is 13.9. The third kappa shape index (κ3) is 2.46. The molecule has 23 heavy (non-hydrogen) atoms. The van der Waals surface area contributed by atoms with Crippen molar-refractivity contribution in [2.75, 3.05) is 7.11 Å². The van der Waals surface area contributed by atoms with Crippen molar-refractivity contribution in [2.24, 2.45) is 0 Å². The Morgan fingerprint density at radius 2 is 1.17 bits per heavy atom. The van der Waals surface area contributed by atoms with Crippen LogP contribution in [0.5, 0.6) is 5.75 Å². The molecule has 2 aliphatic rings. The van der Waals surface area contributed by atoms with Gasteiger partial charge in [0.2, 0.25) is 0 Å². The van der Waals surface area contributed by atoms with Crippen LogP contribution in [0.2, 0.25) is 0 Å². The second-order valence-electron chi connectivity index (χ2n) is 5.81. The second-order valence-corrected chi connectivity index (χ2v) is 5.81. The lowest BCUT2D eigenvalue weighted by molar-refractivity contribution is 0.414. The molecule has 0 amide bonds. The average molecular weight is 301 g/mol. The first-order valence-corrected chi connectivity index (χ1v) is 7.93. The predicted octanol–water partition coefficient (Wildman–Crippen LogP) is 4.91. The van der Waals surface area contributed by atoms with E-state index in [1.807, 2.05) is 12.1 Å². The van der Waals surface area contributed by atoms with E-state index in [9.17, 15) is 0 Å². The molecule has 1 aromatic carbocycles. The van der Waals surface area contributed by atoms with Crippen LogP contribution in [0.4, 0.5) is 0 Å². The molecule has 0 saturated heterocycles. The van der Waals surface area contributed by atoms with E-state index < -0.39 is 0 Å². The molecular weight excluding hydrogens is 282 g/mol. The molecule has 2 aliphatic carbocycles. The summed E-state index contributed by atoms with van der Waals surface area (Å²) in [6.45, 7) is 0. The monoisotopic (exact) mass is 301 g/mol. The summed E-state index contributed by atoms with van der Waals surface area (Å²) >= 11 is 0. The van der Waals surface area contributed by atoms with Gasteiger partial charge >= 0.3 is 0 Å². The molecule has 0 bridgehead atoms. The first-order valence-electron chi connectivity index (χ1n) is 7.93. The fourth-order valence-electron chi connectivity index (χ4n) is 3.28. The van der Waals surface area contributed by atoms with Crippen molar-refractivity contribution < 1.29 is 4.74 Å². The minimum atomic E-state index is 0.334. The Balaban J connectivity index is 1.84. The minimum Gasteiger partial charge on any atom is -0.497 e. The number of methoxy groups -OCH3 is 1. The van der Waals surface area contributed by atoms with Crippen LogP contribution >= 0.6 is 0 Å². The third-order valence-electron chi connectivity index (χ3n) is 4.45. The zero-order valence-corrected chi connectivity index (χ0v) is 13.1. The van der Waals surface area contributed by atoms with Gasteiger partial charge in [-0.2, -0.15) is 0 Å². The summed E-state index contributed by atoms with van der Waals surface area (Å²) in [6, 6.07) is 12.8. The largest absolute Gasteiger partial charge is 0.497 e. The summed E-state index contributed by atoms with van der Waals surface area (Å²) in [7, 11) is 1.70. The summed E-state index contributed by atoms with van der Waals surface area (Å²) in [5, 5.41) is 0. The smallest absolute Gasteiger partial charge is 0.119 e. The van der Waals surface area contributed by atoms with E-state index in [0.717, 1.165) is 5.75 Å². The Morgan fingerprint density at radius 1 is 0.696 bits per heavy atom. The van der Waals surface area contributed by atoms with Gasteiger partial charge in [-0.05, 0) is 36.4 Å². The molecule has 4 rings (SSSR count). The van der Waals surface area contributed by atoms with E-state index in [2.05, 4.69) is 77.4 Å². The highest BCUT2D eigenvalue weighted by Crippen LogP contribution is 2.33. The Hall–Kier alpha value is -2.74. The lowest BCUT2D eigenvalue weighted by Gasteiger charge is -2.18. The van der Waals surface area contributed by atoms with E-state index in [1.165, 1.54) is 17.1 Å². The maximum atomic E-state index is 5.29. The van der Waals surface area contributed by atoms with Gasteiger partial charge in [0.1, 0.15) is 5.75 Å². The number of hydrogen-bond acceptors (Lipinski definition) is 1. The normalized spacial score (nSPS) is 16.7. The molecule has 0 unspecified atom stereocenters. The van der Waals surface area contributed by atoms with Gasteiger partial charge in [-0.25, -0.2) is 0 Å². The number of nitrogens with zero attached hydrogens (tertiary/aromatic N) is 1. The van der Waals surface area contributed by atoms with Crippen LogP contribution in [-0.2, 0) is 0 Å². The minimum absolute atomic E-state index is 0.334. The molecule has 2 heteroatoms. The third-order valence-corrected chi connectivity index (χ3v) is 4.45. The molecule has 1 heterocycles. The van der Waals surface area contributed by atoms with Crippen molar-refractivity contribution in [3.63, 3.8) is 0 Å². The number of ether oxygens (including phenoxy) is 1. The van der Waals surface area contributed by atoms with Crippen LogP contribution < -0.4 is 4.74 Å². The van der Waals surface area contributed by atoms with Crippen LogP contribution in [0.1, 0.15) is 23.2 Å². The fraction of sp³-hybridized carbons (Fsp3) is 0.143. The maximum Gasteiger partial charge on any atom is 0.119 e. The molecule has 0 spiro atoms. The maximum absolute atomic E-state index is 5.29. The summed E-state index contributed by atoms with van der Waals surface area (Å²) in [5.41, 5.74) is 3.76. The lowest BCUT2D eigenvalue weighted by atomic mass is 10.1. The Labute approximate surface area is 136 Å². The Bertz CT molecular complexity index is 749. The van der Waals surface area contributed by atoms with E-state index in [1.54, 1.807) is 7.11 Å². The summed E-state index contributed by atoms with van der Waals surface area (Å²) in [4.78, 5) is 0. The molecule has 0 atom stereocenters. The van der Waals surface area contributed by atoms with Crippen LogP contribution in [0.3, 0.4) is 0 Å². The number of aromatic nitrogens is 1. The van der Waals surface area contributed by atoms with Gasteiger partial charge in [-0.3, -0.25) is 0 Å². The van der Waals surface area contributed by atoms with Gasteiger partial charge in [0.15, 0.2) is 0 Å². The summed E-state index contributed by atoms with van der Waals surface area (Å²) in [6.07, 6.45) is 17.4. The standard InChI is InChI=1S/C21H19NO/c1-23-19-12-10-18(11-13-19)22-20(16-6-2-3-7-16)14-15-21(22)17-8-4-5-9-17/h2-17H,1H3. The van der Waals surface area contributed by atoms with Gasteiger partial charge < -0.3 is 9.30 Å². The molecule has 114 valence electrons. The van der Waals surface area contributed by atoms with Crippen molar-refractivity contribution in [2.45, 2.75) is 11.8 Å². The highest BCUT2D eigenvalue weighted by atomic mass is 16.5. The van der Waals surface area contributed by atoms with E-state index in [4.69, 9.17) is 4.74 Å². The van der Waals surface area contributed by atoms with Crippen LogP contribution in [0.15, 0.2) is 85.0 Å². The highest BCUT2D eigenvalue weighted by molar-refractivity contribution is 5.47. The average Bonchev–Trinajstić information content (AvgIpc) is 3.33. The molecule has 0 aliphatic heterocycles. The van der Waals surface area contributed by atoms with Crippen molar-refractivity contribution in [1.29, 1.82) is 0 Å². The predicted molar refractivity (Wildman–Crippen MR) is 94.4 cm³/mol. The summed E-state index contributed by atoms with van der Waals surface area (Å²) < 4.78 is 7.66. The van der Waals surface area contributed by atoms with E-state index >= 15 is 0 Å². The van der Waals surface area contributed by atoms with Gasteiger partial charge in [0.05, 0.1) is 7.11 Å². The summed E-state index contributed by atoms with van der Waals surface area (Å²) in [5.74, 6) is 1.55. The number of rotatable bonds is 4. The highest BCUT2D eigenvalue weighted by Gasteiger charge is 2.20. The Kier molecular flexibility index (Phi) is 3.51. The molecule has 1 aromatic heterocycles. The van der Waals surface area contributed by atoms with Crippen LogP contribution in [0, 0.1) is 0 Å². The van der Waals surface area contributed by atoms with Crippen LogP contribution in [-0.4, -0.2) is 11.7 Å². The molecule has 0 saturated carbocycles. The number of benzene rings is 1. The van der Waals surface area contributed by atoms with Crippen molar-refractivity contribution >= 4 is 0 Å². The molecule has 0 fully saturated rings. The van der Waals surface area contributed by atoms with Crippen molar-refractivity contribution in [3.05, 3.63) is 96.4 Å². The Morgan fingerprint density at radius 3 is 1.61 bits per heavy atom. The van der Waals surface area contributed by atoms with Crippen LogP contribution in [0.25, 0.3) is 5.69 Å². The lowest BCUT2D eigenvalue weighted by Crippen LogP contribution is -2.08. The van der Waals surface area contributed by atoms with Gasteiger partial charge in [-0.15, -0.1) is 0 Å². The van der Waals surface area contributed by atoms with E-state index in [-0.39, 0.29) is 0 Å². The molecule has 2 aromatic rings. The van der Waals surface area contributed by atoms with E-state index in [0.29, 0.717) is 11.8 Å². The number of hydrogen-bond donors (Lipinski definition) is 0. The molecular formula is C21H19NO. The second kappa shape index (κ2) is 5.81. The van der Waals surface area contributed by atoms with Gasteiger partial charge in [0, 0.05) is 28.9 Å². The van der Waals surface area contributed by atoms with Gasteiger partial charge in [0.25, 0.3) is 0 Å². The fourth-order valence-corrected chi connectivity index (χ4v) is 3.28.